The van der Waals surface area contributed by atoms with E-state index in [-0.39, 0.29) is 10.7 Å². The Labute approximate surface area is 147 Å². The molecule has 1 aromatic carbocycles. The smallest absolute Gasteiger partial charge is 0.263 e. The lowest BCUT2D eigenvalue weighted by molar-refractivity contribution is 0.600. The molecule has 0 saturated carbocycles. The molecule has 0 aliphatic carbocycles. The minimum absolute atomic E-state index is 0.245. The lowest BCUT2D eigenvalue weighted by Crippen LogP contribution is -2.15. The molecule has 2 aromatic heterocycles. The van der Waals surface area contributed by atoms with Gasteiger partial charge in [0, 0.05) is 6.20 Å². The zero-order valence-electron chi connectivity index (χ0n) is 13.7. The number of aryl methyl sites for hydroxylation is 1. The molecule has 0 amide bonds. The highest BCUT2D eigenvalue weighted by molar-refractivity contribution is 7.92. The van der Waals surface area contributed by atoms with Gasteiger partial charge in [-0.2, -0.15) is 0 Å². The van der Waals surface area contributed by atoms with Gasteiger partial charge in [-0.05, 0) is 42.8 Å². The van der Waals surface area contributed by atoms with Gasteiger partial charge in [0.15, 0.2) is 0 Å². The number of aromatic nitrogens is 2. The highest BCUT2D eigenvalue weighted by atomic mass is 32.2. The number of hydrogen-bond donors (Lipinski definition) is 2. The molecule has 2 N–H and O–H groups in total. The first-order valence-corrected chi connectivity index (χ1v) is 9.21. The summed E-state index contributed by atoms with van der Waals surface area (Å²) in [6.45, 7) is 2.32. The van der Waals surface area contributed by atoms with Crippen molar-refractivity contribution in [2.75, 3.05) is 10.0 Å². The molecule has 3 rings (SSSR count). The Morgan fingerprint density at radius 2 is 1.76 bits per heavy atom. The average molecular weight is 354 g/mol. The summed E-state index contributed by atoms with van der Waals surface area (Å²) in [4.78, 5) is 8.63. The summed E-state index contributed by atoms with van der Waals surface area (Å²) < 4.78 is 27.4. The van der Waals surface area contributed by atoms with Crippen molar-refractivity contribution >= 4 is 21.5 Å². The fraction of sp³-hybridized carbons (Fsp3) is 0.111. The number of benzene rings is 1. The third-order valence-electron chi connectivity index (χ3n) is 3.59. The maximum Gasteiger partial charge on any atom is 0.263 e. The van der Waals surface area contributed by atoms with E-state index in [2.05, 4.69) is 20.0 Å². The van der Waals surface area contributed by atoms with Gasteiger partial charge in [-0.25, -0.2) is 13.4 Å². The van der Waals surface area contributed by atoms with Crippen molar-refractivity contribution < 1.29 is 8.42 Å². The van der Waals surface area contributed by atoms with Gasteiger partial charge in [0.1, 0.15) is 5.82 Å². The second kappa shape index (κ2) is 7.31. The molecule has 2 heterocycles. The maximum absolute atomic E-state index is 12.4. The molecule has 7 heteroatoms. The summed E-state index contributed by atoms with van der Waals surface area (Å²) >= 11 is 0. The van der Waals surface area contributed by atoms with Crippen LogP contribution in [0, 0.1) is 6.92 Å². The Morgan fingerprint density at radius 3 is 2.44 bits per heavy atom. The molecule has 128 valence electrons. The molecule has 0 spiro atoms. The number of rotatable bonds is 6. The van der Waals surface area contributed by atoms with Crippen LogP contribution in [-0.4, -0.2) is 18.4 Å². The molecule has 0 unspecified atom stereocenters. The minimum Gasteiger partial charge on any atom is -0.378 e. The van der Waals surface area contributed by atoms with Gasteiger partial charge in [0.2, 0.25) is 0 Å². The topological polar surface area (TPSA) is 84.0 Å². The van der Waals surface area contributed by atoms with Crippen LogP contribution in [0.5, 0.6) is 0 Å². The Hall–Kier alpha value is -2.93. The van der Waals surface area contributed by atoms with E-state index >= 15 is 0 Å². The number of nitrogens with zero attached hydrogens (tertiary/aromatic N) is 2. The highest BCUT2D eigenvalue weighted by Gasteiger charge is 2.16. The van der Waals surface area contributed by atoms with Gasteiger partial charge in [-0.3, -0.25) is 9.71 Å². The summed E-state index contributed by atoms with van der Waals surface area (Å²) in [5, 5.41) is 3.19. The van der Waals surface area contributed by atoms with Crippen molar-refractivity contribution in [2.24, 2.45) is 0 Å². The number of nitrogens with one attached hydrogen (secondary N) is 2. The predicted molar refractivity (Wildman–Crippen MR) is 97.8 cm³/mol. The van der Waals surface area contributed by atoms with Crippen molar-refractivity contribution in [2.45, 2.75) is 18.4 Å². The van der Waals surface area contributed by atoms with E-state index in [9.17, 15) is 8.42 Å². The van der Waals surface area contributed by atoms with Gasteiger partial charge in [-0.1, -0.05) is 24.3 Å². The fourth-order valence-electron chi connectivity index (χ4n) is 2.30. The summed E-state index contributed by atoms with van der Waals surface area (Å²) in [7, 11) is -3.66. The quantitative estimate of drug-likeness (QED) is 0.710. The number of sulfonamides is 1. The van der Waals surface area contributed by atoms with E-state index in [1.165, 1.54) is 0 Å². The SMILES string of the molecule is Cc1ccccc1S(=O)(=O)Nc1ccc(NCc2ccccn2)cn1. The van der Waals surface area contributed by atoms with Crippen LogP contribution in [0.3, 0.4) is 0 Å². The first kappa shape index (κ1) is 16.9. The second-order valence-electron chi connectivity index (χ2n) is 5.48. The van der Waals surface area contributed by atoms with Crippen molar-refractivity contribution in [1.82, 2.24) is 9.97 Å². The van der Waals surface area contributed by atoms with E-state index in [1.807, 2.05) is 18.2 Å². The zero-order chi connectivity index (χ0) is 17.7. The van der Waals surface area contributed by atoms with E-state index in [0.717, 1.165) is 11.4 Å². The third kappa shape index (κ3) is 4.33. The highest BCUT2D eigenvalue weighted by Crippen LogP contribution is 2.18. The lowest BCUT2D eigenvalue weighted by Gasteiger charge is -2.10. The monoisotopic (exact) mass is 354 g/mol. The van der Waals surface area contributed by atoms with Gasteiger partial charge >= 0.3 is 0 Å². The molecule has 0 aliphatic rings. The average Bonchev–Trinajstić information content (AvgIpc) is 2.62. The normalized spacial score (nSPS) is 11.1. The van der Waals surface area contributed by atoms with Gasteiger partial charge in [-0.15, -0.1) is 0 Å². The maximum atomic E-state index is 12.4. The van der Waals surface area contributed by atoms with E-state index < -0.39 is 10.0 Å². The van der Waals surface area contributed by atoms with Crippen LogP contribution in [-0.2, 0) is 16.6 Å². The van der Waals surface area contributed by atoms with Gasteiger partial charge < -0.3 is 5.32 Å². The Morgan fingerprint density at radius 1 is 0.960 bits per heavy atom. The third-order valence-corrected chi connectivity index (χ3v) is 5.10. The molecule has 0 radical (unpaired) electrons. The van der Waals surface area contributed by atoms with Crippen molar-refractivity contribution in [1.29, 1.82) is 0 Å². The molecule has 0 fully saturated rings. The van der Waals surface area contributed by atoms with E-state index in [1.54, 1.807) is 55.7 Å². The molecular formula is C18H18N4O2S. The van der Waals surface area contributed by atoms with Crippen LogP contribution in [0.15, 0.2) is 71.9 Å². The summed E-state index contributed by atoms with van der Waals surface area (Å²) in [5.41, 5.74) is 2.37. The van der Waals surface area contributed by atoms with Gasteiger partial charge in [0.05, 0.1) is 29.0 Å². The zero-order valence-corrected chi connectivity index (χ0v) is 14.5. The predicted octanol–water partition coefficient (Wildman–Crippen LogP) is 3.20. The summed E-state index contributed by atoms with van der Waals surface area (Å²) in [6.07, 6.45) is 3.32. The minimum atomic E-state index is -3.66. The standard InChI is InChI=1S/C18H18N4O2S/c1-14-6-2-3-8-17(14)25(23,24)22-18-10-9-16(13-21-18)20-12-15-7-4-5-11-19-15/h2-11,13,20H,12H2,1H3,(H,21,22). The van der Waals surface area contributed by atoms with E-state index in [4.69, 9.17) is 0 Å². The van der Waals surface area contributed by atoms with Crippen LogP contribution in [0.2, 0.25) is 0 Å². The number of pyridine rings is 2. The largest absolute Gasteiger partial charge is 0.378 e. The molecule has 0 bridgehead atoms. The number of hydrogen-bond acceptors (Lipinski definition) is 5. The lowest BCUT2D eigenvalue weighted by atomic mass is 10.2. The molecule has 0 aliphatic heterocycles. The van der Waals surface area contributed by atoms with E-state index in [0.29, 0.717) is 12.1 Å². The summed E-state index contributed by atoms with van der Waals surface area (Å²) in [5.74, 6) is 0.270. The molecular weight excluding hydrogens is 336 g/mol. The van der Waals surface area contributed by atoms with Crippen LogP contribution in [0.1, 0.15) is 11.3 Å². The molecule has 0 atom stereocenters. The first-order chi connectivity index (χ1) is 12.0. The Balaban J connectivity index is 1.67. The van der Waals surface area contributed by atoms with Crippen LogP contribution >= 0.6 is 0 Å². The van der Waals surface area contributed by atoms with Crippen molar-refractivity contribution in [3.05, 3.63) is 78.2 Å². The van der Waals surface area contributed by atoms with Crippen molar-refractivity contribution in [3.8, 4) is 0 Å². The van der Waals surface area contributed by atoms with Gasteiger partial charge in [0.25, 0.3) is 10.0 Å². The fourth-order valence-corrected chi connectivity index (χ4v) is 3.56. The molecule has 3 aromatic rings. The Bertz CT molecular complexity index is 942. The van der Waals surface area contributed by atoms with Crippen molar-refractivity contribution in [3.63, 3.8) is 0 Å². The van der Waals surface area contributed by atoms with Crippen LogP contribution in [0.25, 0.3) is 0 Å². The number of anilines is 2. The van der Waals surface area contributed by atoms with Crippen LogP contribution < -0.4 is 10.0 Å². The van der Waals surface area contributed by atoms with Crippen LogP contribution in [0.4, 0.5) is 11.5 Å². The summed E-state index contributed by atoms with van der Waals surface area (Å²) in [6, 6.07) is 15.9. The first-order valence-electron chi connectivity index (χ1n) is 7.73. The second-order valence-corrected chi connectivity index (χ2v) is 7.13. The molecule has 6 nitrogen and oxygen atoms in total. The Kier molecular flexibility index (Phi) is 4.95. The molecule has 25 heavy (non-hydrogen) atoms. The molecule has 0 saturated heterocycles.